The van der Waals surface area contributed by atoms with Gasteiger partial charge in [-0.05, 0) is 46.1 Å². The standard InChI is InChI=1S/C19H23FN6S/c1-2-18(19-21-22-23-26(19)14-17-4-3-13-27-17)25-11-9-24(10-12-25)16-7-5-15(20)6-8-16/h3-8,13,18H,2,9-12,14H2,1H3/p+1/t18-/m0/s1. The summed E-state index contributed by atoms with van der Waals surface area (Å²) in [4.78, 5) is 5.09. The van der Waals surface area contributed by atoms with E-state index in [1.165, 1.54) is 21.9 Å². The molecule has 0 bridgehead atoms. The second-order valence-electron chi connectivity index (χ2n) is 6.86. The van der Waals surface area contributed by atoms with Crippen LogP contribution in [-0.4, -0.2) is 46.4 Å². The lowest BCUT2D eigenvalue weighted by Crippen LogP contribution is -3.15. The number of nitrogens with one attached hydrogen (secondary N) is 1. The molecule has 0 saturated carbocycles. The minimum atomic E-state index is -0.188. The molecule has 2 aromatic heterocycles. The molecule has 1 N–H and O–H groups in total. The highest BCUT2D eigenvalue weighted by molar-refractivity contribution is 7.09. The van der Waals surface area contributed by atoms with Gasteiger partial charge in [-0.2, -0.15) is 0 Å². The number of benzene rings is 1. The maximum Gasteiger partial charge on any atom is 0.209 e. The number of quaternary nitrogens is 1. The fourth-order valence-electron chi connectivity index (χ4n) is 3.83. The number of nitrogens with zero attached hydrogens (tertiary/aromatic N) is 5. The molecule has 1 aromatic carbocycles. The number of thiophene rings is 1. The third-order valence-electron chi connectivity index (χ3n) is 5.26. The van der Waals surface area contributed by atoms with Gasteiger partial charge in [-0.1, -0.05) is 13.0 Å². The molecule has 1 saturated heterocycles. The van der Waals surface area contributed by atoms with Crippen LogP contribution in [0.5, 0.6) is 0 Å². The molecule has 1 atom stereocenters. The van der Waals surface area contributed by atoms with Crippen LogP contribution < -0.4 is 9.80 Å². The predicted octanol–water partition coefficient (Wildman–Crippen LogP) is 1.78. The van der Waals surface area contributed by atoms with Crippen molar-refractivity contribution in [1.82, 2.24) is 20.2 Å². The van der Waals surface area contributed by atoms with Crippen LogP contribution in [0.2, 0.25) is 0 Å². The number of anilines is 1. The van der Waals surface area contributed by atoms with E-state index in [-0.39, 0.29) is 11.9 Å². The number of aromatic nitrogens is 4. The molecule has 0 amide bonds. The first-order valence-corrected chi connectivity index (χ1v) is 10.3. The van der Waals surface area contributed by atoms with E-state index in [0.29, 0.717) is 0 Å². The molecular formula is C19H24FN6S+. The second-order valence-corrected chi connectivity index (χ2v) is 7.89. The Morgan fingerprint density at radius 3 is 2.63 bits per heavy atom. The molecule has 1 aliphatic heterocycles. The molecule has 0 aliphatic carbocycles. The molecule has 8 heteroatoms. The molecule has 3 heterocycles. The zero-order valence-corrected chi connectivity index (χ0v) is 16.2. The first kappa shape index (κ1) is 18.1. The number of hydrogen-bond acceptors (Lipinski definition) is 5. The van der Waals surface area contributed by atoms with Gasteiger partial charge >= 0.3 is 0 Å². The van der Waals surface area contributed by atoms with Crippen molar-refractivity contribution in [2.75, 3.05) is 31.1 Å². The highest BCUT2D eigenvalue weighted by Crippen LogP contribution is 2.17. The molecule has 3 aromatic rings. The van der Waals surface area contributed by atoms with Gasteiger partial charge in [0.15, 0.2) is 0 Å². The molecule has 0 unspecified atom stereocenters. The fraction of sp³-hybridized carbons (Fsp3) is 0.421. The van der Waals surface area contributed by atoms with E-state index in [0.717, 1.165) is 50.7 Å². The minimum absolute atomic E-state index is 0.188. The largest absolute Gasteiger partial charge is 0.360 e. The Balaban J connectivity index is 1.44. The lowest BCUT2D eigenvalue weighted by atomic mass is 10.1. The van der Waals surface area contributed by atoms with E-state index >= 15 is 0 Å². The maximum atomic E-state index is 13.2. The van der Waals surface area contributed by atoms with Gasteiger partial charge in [0.25, 0.3) is 0 Å². The highest BCUT2D eigenvalue weighted by Gasteiger charge is 2.31. The molecular weight excluding hydrogens is 363 g/mol. The summed E-state index contributed by atoms with van der Waals surface area (Å²) in [5, 5.41) is 14.6. The van der Waals surface area contributed by atoms with Crippen LogP contribution in [0.1, 0.15) is 30.1 Å². The molecule has 1 aliphatic rings. The van der Waals surface area contributed by atoms with Gasteiger partial charge in [0.05, 0.1) is 32.7 Å². The first-order valence-electron chi connectivity index (χ1n) is 9.38. The average Bonchev–Trinajstić information content (AvgIpc) is 3.37. The van der Waals surface area contributed by atoms with Crippen LogP contribution in [0.15, 0.2) is 41.8 Å². The molecule has 4 rings (SSSR count). The summed E-state index contributed by atoms with van der Waals surface area (Å²) in [7, 11) is 0. The summed E-state index contributed by atoms with van der Waals surface area (Å²) in [6.07, 6.45) is 0.997. The van der Waals surface area contributed by atoms with Gasteiger partial charge in [-0.3, -0.25) is 0 Å². The topological polar surface area (TPSA) is 51.3 Å². The minimum Gasteiger partial charge on any atom is -0.360 e. The van der Waals surface area contributed by atoms with E-state index in [9.17, 15) is 4.39 Å². The Hall–Kier alpha value is -2.32. The van der Waals surface area contributed by atoms with Crippen molar-refractivity contribution < 1.29 is 9.29 Å². The molecule has 1 fully saturated rings. The summed E-state index contributed by atoms with van der Waals surface area (Å²) >= 11 is 1.73. The van der Waals surface area contributed by atoms with E-state index in [4.69, 9.17) is 0 Å². The van der Waals surface area contributed by atoms with Crippen molar-refractivity contribution in [3.63, 3.8) is 0 Å². The Bertz CT molecular complexity index is 839. The Labute approximate surface area is 162 Å². The number of rotatable bonds is 6. The van der Waals surface area contributed by atoms with Crippen molar-refractivity contribution in [2.24, 2.45) is 0 Å². The molecule has 0 radical (unpaired) electrons. The first-order chi connectivity index (χ1) is 13.2. The monoisotopic (exact) mass is 387 g/mol. The normalized spacial score (nSPS) is 16.6. The SMILES string of the molecule is CC[C@@H](c1nnnn1Cc1cccs1)[NH+]1CCN(c2ccc(F)cc2)CC1. The summed E-state index contributed by atoms with van der Waals surface area (Å²) in [5.74, 6) is 0.780. The Morgan fingerprint density at radius 1 is 1.19 bits per heavy atom. The van der Waals surface area contributed by atoms with E-state index in [1.54, 1.807) is 11.3 Å². The maximum absolute atomic E-state index is 13.2. The quantitative estimate of drug-likeness (QED) is 0.701. The fourth-order valence-corrected chi connectivity index (χ4v) is 4.52. The van der Waals surface area contributed by atoms with Gasteiger partial charge < -0.3 is 9.80 Å². The van der Waals surface area contributed by atoms with Gasteiger partial charge in [-0.25, -0.2) is 9.07 Å². The predicted molar refractivity (Wildman–Crippen MR) is 104 cm³/mol. The third kappa shape index (κ3) is 4.01. The van der Waals surface area contributed by atoms with E-state index in [2.05, 4.69) is 44.9 Å². The molecule has 0 spiro atoms. The molecule has 27 heavy (non-hydrogen) atoms. The number of halogens is 1. The van der Waals surface area contributed by atoms with Crippen LogP contribution in [-0.2, 0) is 6.54 Å². The zero-order chi connectivity index (χ0) is 18.6. The number of tetrazole rings is 1. The molecule has 142 valence electrons. The van der Waals surface area contributed by atoms with Crippen molar-refractivity contribution >= 4 is 17.0 Å². The van der Waals surface area contributed by atoms with Crippen LogP contribution in [0.3, 0.4) is 0 Å². The molecule has 6 nitrogen and oxygen atoms in total. The number of piperazine rings is 1. The third-order valence-corrected chi connectivity index (χ3v) is 6.12. The summed E-state index contributed by atoms with van der Waals surface area (Å²) in [5.41, 5.74) is 1.09. The Kier molecular flexibility index (Phi) is 5.45. The number of hydrogen-bond donors (Lipinski definition) is 1. The van der Waals surface area contributed by atoms with Crippen molar-refractivity contribution in [1.29, 1.82) is 0 Å². The van der Waals surface area contributed by atoms with Crippen LogP contribution >= 0.6 is 11.3 Å². The van der Waals surface area contributed by atoms with Crippen molar-refractivity contribution in [2.45, 2.75) is 25.9 Å². The van der Waals surface area contributed by atoms with Crippen molar-refractivity contribution in [3.05, 3.63) is 58.3 Å². The summed E-state index contributed by atoms with van der Waals surface area (Å²) < 4.78 is 15.1. The van der Waals surface area contributed by atoms with Gasteiger partial charge in [-0.15, -0.1) is 16.4 Å². The lowest BCUT2D eigenvalue weighted by Gasteiger charge is -2.36. The summed E-state index contributed by atoms with van der Waals surface area (Å²) in [6.45, 7) is 6.86. The highest BCUT2D eigenvalue weighted by atomic mass is 32.1. The van der Waals surface area contributed by atoms with E-state index in [1.807, 2.05) is 16.8 Å². The average molecular weight is 388 g/mol. The van der Waals surface area contributed by atoms with Crippen LogP contribution in [0, 0.1) is 5.82 Å². The zero-order valence-electron chi connectivity index (χ0n) is 15.4. The van der Waals surface area contributed by atoms with E-state index < -0.39 is 0 Å². The lowest BCUT2D eigenvalue weighted by molar-refractivity contribution is -0.933. The van der Waals surface area contributed by atoms with Gasteiger partial charge in [0.2, 0.25) is 5.82 Å². The van der Waals surface area contributed by atoms with Crippen LogP contribution in [0.4, 0.5) is 10.1 Å². The van der Waals surface area contributed by atoms with Crippen molar-refractivity contribution in [3.8, 4) is 0 Å². The van der Waals surface area contributed by atoms with Crippen LogP contribution in [0.25, 0.3) is 0 Å². The van der Waals surface area contributed by atoms with Gasteiger partial charge in [0, 0.05) is 17.0 Å². The smallest absolute Gasteiger partial charge is 0.209 e. The Morgan fingerprint density at radius 2 is 1.96 bits per heavy atom. The van der Waals surface area contributed by atoms with Gasteiger partial charge in [0.1, 0.15) is 11.9 Å². The second kappa shape index (κ2) is 8.14. The summed E-state index contributed by atoms with van der Waals surface area (Å²) in [6, 6.07) is 11.2.